The molecule has 1 fully saturated rings. The molecule has 1 heterocycles. The van der Waals surface area contributed by atoms with Crippen LogP contribution >= 0.6 is 0 Å². The summed E-state index contributed by atoms with van der Waals surface area (Å²) in [6.45, 7) is 3.75. The van der Waals surface area contributed by atoms with Gasteiger partial charge in [0.1, 0.15) is 12.2 Å². The minimum atomic E-state index is -1.24. The van der Waals surface area contributed by atoms with E-state index < -0.39 is 36.7 Å². The highest BCUT2D eigenvalue weighted by molar-refractivity contribution is 5.69. The summed E-state index contributed by atoms with van der Waals surface area (Å²) < 4.78 is 16.3. The molecule has 0 saturated carbocycles. The molecule has 1 saturated heterocycles. The summed E-state index contributed by atoms with van der Waals surface area (Å²) >= 11 is 0. The normalized spacial score (nSPS) is 30.9. The molecule has 1 aromatic carbocycles. The predicted octanol–water partition coefficient (Wildman–Crippen LogP) is 1.38. The third kappa shape index (κ3) is 4.75. The molecule has 5 atom stereocenters. The largest absolute Gasteiger partial charge is 0.456 e. The van der Waals surface area contributed by atoms with Crippen molar-refractivity contribution in [3.05, 3.63) is 35.9 Å². The standard InChI is InChI=1S/C17H24O6/c1-3-7-13(18)23-16-14(19)11(2)22-17(15(16)20)21-10-12-8-5-4-6-9-12/h4-6,8-9,11,14-17,19-20H,3,7,10H2,1-2H3/t11-,14-,15-,16+,17-/m1/s1. The van der Waals surface area contributed by atoms with Crippen molar-refractivity contribution < 1.29 is 29.2 Å². The monoisotopic (exact) mass is 324 g/mol. The van der Waals surface area contributed by atoms with E-state index in [1.807, 2.05) is 37.3 Å². The zero-order chi connectivity index (χ0) is 16.8. The van der Waals surface area contributed by atoms with Crippen molar-refractivity contribution in [2.24, 2.45) is 0 Å². The van der Waals surface area contributed by atoms with E-state index in [0.29, 0.717) is 6.42 Å². The molecule has 2 rings (SSSR count). The van der Waals surface area contributed by atoms with Crippen molar-refractivity contribution >= 4 is 5.97 Å². The Morgan fingerprint density at radius 2 is 1.91 bits per heavy atom. The Balaban J connectivity index is 1.98. The number of esters is 1. The van der Waals surface area contributed by atoms with Crippen molar-refractivity contribution in [2.45, 2.75) is 64.0 Å². The highest BCUT2D eigenvalue weighted by Gasteiger charge is 2.45. The van der Waals surface area contributed by atoms with Gasteiger partial charge < -0.3 is 24.4 Å². The predicted molar refractivity (Wildman–Crippen MR) is 82.4 cm³/mol. The van der Waals surface area contributed by atoms with Gasteiger partial charge in [0, 0.05) is 6.42 Å². The smallest absolute Gasteiger partial charge is 0.306 e. The molecule has 2 N–H and O–H groups in total. The second-order valence-corrected chi connectivity index (χ2v) is 5.69. The molecule has 1 aliphatic heterocycles. The van der Waals surface area contributed by atoms with Crippen LogP contribution in [0.2, 0.25) is 0 Å². The molecular weight excluding hydrogens is 300 g/mol. The van der Waals surface area contributed by atoms with Gasteiger partial charge in [-0.1, -0.05) is 37.3 Å². The summed E-state index contributed by atoms with van der Waals surface area (Å²) in [6, 6.07) is 9.46. The Kier molecular flexibility index (Phi) is 6.53. The van der Waals surface area contributed by atoms with E-state index in [9.17, 15) is 15.0 Å². The second-order valence-electron chi connectivity index (χ2n) is 5.69. The molecule has 1 aliphatic rings. The fourth-order valence-corrected chi connectivity index (χ4v) is 2.44. The Morgan fingerprint density at radius 3 is 2.57 bits per heavy atom. The van der Waals surface area contributed by atoms with Gasteiger partial charge in [0.05, 0.1) is 12.7 Å². The van der Waals surface area contributed by atoms with E-state index in [1.54, 1.807) is 6.92 Å². The van der Waals surface area contributed by atoms with Crippen LogP contribution in [0.1, 0.15) is 32.3 Å². The van der Waals surface area contributed by atoms with Crippen molar-refractivity contribution in [2.75, 3.05) is 0 Å². The quantitative estimate of drug-likeness (QED) is 0.769. The molecular formula is C17H24O6. The molecule has 23 heavy (non-hydrogen) atoms. The molecule has 6 nitrogen and oxygen atoms in total. The van der Waals surface area contributed by atoms with Gasteiger partial charge in [0.25, 0.3) is 0 Å². The Bertz CT molecular complexity index is 491. The molecule has 6 heteroatoms. The van der Waals surface area contributed by atoms with E-state index in [4.69, 9.17) is 14.2 Å². The lowest BCUT2D eigenvalue weighted by Gasteiger charge is -2.40. The highest BCUT2D eigenvalue weighted by atomic mass is 16.7. The van der Waals surface area contributed by atoms with Gasteiger partial charge in [0.2, 0.25) is 0 Å². The summed E-state index contributed by atoms with van der Waals surface area (Å²) in [5.74, 6) is -0.452. The average molecular weight is 324 g/mol. The number of rotatable bonds is 6. The van der Waals surface area contributed by atoms with Crippen LogP contribution in [0.25, 0.3) is 0 Å². The number of aliphatic hydroxyl groups excluding tert-OH is 2. The van der Waals surface area contributed by atoms with Crippen LogP contribution in [0.3, 0.4) is 0 Å². The molecule has 0 aliphatic carbocycles. The van der Waals surface area contributed by atoms with Crippen LogP contribution < -0.4 is 0 Å². The van der Waals surface area contributed by atoms with E-state index in [-0.39, 0.29) is 13.0 Å². The van der Waals surface area contributed by atoms with Crippen LogP contribution in [0.15, 0.2) is 30.3 Å². The fraction of sp³-hybridized carbons (Fsp3) is 0.588. The number of benzene rings is 1. The van der Waals surface area contributed by atoms with Crippen molar-refractivity contribution in [3.8, 4) is 0 Å². The van der Waals surface area contributed by atoms with Gasteiger partial charge in [0.15, 0.2) is 12.4 Å². The summed E-state index contributed by atoms with van der Waals surface area (Å²) in [5, 5.41) is 20.4. The number of carbonyl (C=O) groups is 1. The fourth-order valence-electron chi connectivity index (χ4n) is 2.44. The first kappa shape index (κ1) is 17.9. The first-order chi connectivity index (χ1) is 11.0. The molecule has 128 valence electrons. The Hall–Kier alpha value is -1.47. The van der Waals surface area contributed by atoms with Crippen molar-refractivity contribution in [1.29, 1.82) is 0 Å². The van der Waals surface area contributed by atoms with Crippen LogP contribution in [0.4, 0.5) is 0 Å². The Labute approximate surface area is 136 Å². The van der Waals surface area contributed by atoms with E-state index in [1.165, 1.54) is 0 Å². The topological polar surface area (TPSA) is 85.2 Å². The number of aliphatic hydroxyl groups is 2. The maximum atomic E-state index is 11.7. The van der Waals surface area contributed by atoms with Crippen molar-refractivity contribution in [1.82, 2.24) is 0 Å². The van der Waals surface area contributed by atoms with E-state index in [0.717, 1.165) is 5.56 Å². The molecule has 0 aromatic heterocycles. The third-order valence-electron chi connectivity index (χ3n) is 3.76. The SMILES string of the molecule is CCCC(=O)O[C@@H]1[C@@H](O)[C@H](OCc2ccccc2)O[C@H](C)[C@H]1O. The minimum absolute atomic E-state index is 0.237. The van der Waals surface area contributed by atoms with E-state index in [2.05, 4.69) is 0 Å². The van der Waals surface area contributed by atoms with Gasteiger partial charge in [-0.3, -0.25) is 4.79 Å². The number of carbonyl (C=O) groups excluding carboxylic acids is 1. The lowest BCUT2D eigenvalue weighted by atomic mass is 9.99. The lowest BCUT2D eigenvalue weighted by Crippen LogP contribution is -2.58. The van der Waals surface area contributed by atoms with Crippen LogP contribution in [-0.2, 0) is 25.6 Å². The first-order valence-corrected chi connectivity index (χ1v) is 7.89. The molecule has 1 aromatic rings. The van der Waals surface area contributed by atoms with E-state index >= 15 is 0 Å². The number of hydrogen-bond acceptors (Lipinski definition) is 6. The molecule has 0 amide bonds. The first-order valence-electron chi connectivity index (χ1n) is 7.89. The minimum Gasteiger partial charge on any atom is -0.456 e. The summed E-state index contributed by atoms with van der Waals surface area (Å²) in [5.41, 5.74) is 0.932. The third-order valence-corrected chi connectivity index (χ3v) is 3.76. The molecule has 0 spiro atoms. The van der Waals surface area contributed by atoms with Crippen LogP contribution in [-0.4, -0.2) is 46.9 Å². The molecule has 0 radical (unpaired) electrons. The maximum Gasteiger partial charge on any atom is 0.306 e. The van der Waals surface area contributed by atoms with Crippen LogP contribution in [0.5, 0.6) is 0 Å². The maximum absolute atomic E-state index is 11.7. The van der Waals surface area contributed by atoms with Gasteiger partial charge in [-0.25, -0.2) is 0 Å². The van der Waals surface area contributed by atoms with Gasteiger partial charge >= 0.3 is 5.97 Å². The van der Waals surface area contributed by atoms with Gasteiger partial charge in [-0.05, 0) is 18.9 Å². The number of hydrogen-bond donors (Lipinski definition) is 2. The zero-order valence-corrected chi connectivity index (χ0v) is 13.4. The Morgan fingerprint density at radius 1 is 1.22 bits per heavy atom. The number of ether oxygens (including phenoxy) is 3. The van der Waals surface area contributed by atoms with Crippen LogP contribution in [0, 0.1) is 0 Å². The lowest BCUT2D eigenvalue weighted by molar-refractivity contribution is -0.298. The summed E-state index contributed by atoms with van der Waals surface area (Å²) in [6.07, 6.45) is -4.10. The summed E-state index contributed by atoms with van der Waals surface area (Å²) in [7, 11) is 0. The molecule has 0 bridgehead atoms. The average Bonchev–Trinajstić information content (AvgIpc) is 2.55. The van der Waals surface area contributed by atoms with Crippen molar-refractivity contribution in [3.63, 3.8) is 0 Å². The second kappa shape index (κ2) is 8.40. The van der Waals surface area contributed by atoms with Gasteiger partial charge in [-0.15, -0.1) is 0 Å². The summed E-state index contributed by atoms with van der Waals surface area (Å²) in [4.78, 5) is 11.7. The molecule has 0 unspecified atom stereocenters. The zero-order valence-electron chi connectivity index (χ0n) is 13.4. The van der Waals surface area contributed by atoms with Gasteiger partial charge in [-0.2, -0.15) is 0 Å². The highest BCUT2D eigenvalue weighted by Crippen LogP contribution is 2.25.